The fraction of sp³-hybridized carbons (Fsp3) is 0.846. The van der Waals surface area contributed by atoms with Crippen LogP contribution in [0.1, 0.15) is 44.9 Å². The van der Waals surface area contributed by atoms with Crippen LogP contribution in [0.3, 0.4) is 0 Å². The van der Waals surface area contributed by atoms with Crippen LogP contribution >= 0.6 is 0 Å². The Morgan fingerprint density at radius 2 is 2.00 bits per heavy atom. The number of epoxide rings is 1. The monoisotopic (exact) mass is 256 g/mol. The molecular formula is C13H20O5. The molecule has 0 radical (unpaired) electrons. The fourth-order valence-electron chi connectivity index (χ4n) is 2.95. The van der Waals surface area contributed by atoms with Crippen molar-refractivity contribution >= 4 is 11.9 Å². The zero-order valence-electron chi connectivity index (χ0n) is 10.4. The molecule has 18 heavy (non-hydrogen) atoms. The predicted octanol–water partition coefficient (Wildman–Crippen LogP) is 1.90. The van der Waals surface area contributed by atoms with Crippen LogP contribution in [0.25, 0.3) is 0 Å². The molecule has 2 rings (SSSR count). The minimum absolute atomic E-state index is 0.0578. The third kappa shape index (κ3) is 3.70. The molecule has 2 N–H and O–H groups in total. The first kappa shape index (κ1) is 13.3. The maximum absolute atomic E-state index is 11.2. The van der Waals surface area contributed by atoms with Crippen molar-refractivity contribution in [2.24, 2.45) is 11.8 Å². The van der Waals surface area contributed by atoms with Crippen molar-refractivity contribution < 1.29 is 24.5 Å². The maximum Gasteiger partial charge on any atom is 0.306 e. The molecule has 1 saturated heterocycles. The van der Waals surface area contributed by atoms with E-state index < -0.39 is 17.9 Å². The Balaban J connectivity index is 1.74. The Kier molecular flexibility index (Phi) is 4.22. The number of rotatable bonds is 7. The molecule has 1 heterocycles. The number of carboxylic acid groups (broad SMARTS) is 2. The van der Waals surface area contributed by atoms with Crippen LogP contribution in [-0.2, 0) is 14.3 Å². The van der Waals surface area contributed by atoms with Crippen LogP contribution < -0.4 is 0 Å². The third-order valence-corrected chi connectivity index (χ3v) is 4.02. The number of carboxylic acids is 2. The highest BCUT2D eigenvalue weighted by Gasteiger charge is 2.44. The number of aliphatic carboxylic acids is 2. The molecule has 0 aromatic rings. The van der Waals surface area contributed by atoms with Gasteiger partial charge in [0.2, 0.25) is 0 Å². The molecule has 1 saturated carbocycles. The molecule has 0 aromatic carbocycles. The van der Waals surface area contributed by atoms with Gasteiger partial charge >= 0.3 is 11.9 Å². The molecule has 5 nitrogen and oxygen atoms in total. The van der Waals surface area contributed by atoms with Gasteiger partial charge in [0, 0.05) is 6.42 Å². The van der Waals surface area contributed by atoms with E-state index in [0.717, 1.165) is 19.3 Å². The van der Waals surface area contributed by atoms with Gasteiger partial charge in [-0.25, -0.2) is 0 Å². The molecule has 2 fully saturated rings. The lowest BCUT2D eigenvalue weighted by atomic mass is 9.81. The molecule has 0 amide bonds. The number of carbonyl (C=O) groups is 2. The molecule has 0 spiro atoms. The van der Waals surface area contributed by atoms with Crippen LogP contribution in [0.4, 0.5) is 0 Å². The van der Waals surface area contributed by atoms with E-state index in [-0.39, 0.29) is 6.42 Å². The van der Waals surface area contributed by atoms with Gasteiger partial charge in [-0.15, -0.1) is 0 Å². The lowest BCUT2D eigenvalue weighted by Gasteiger charge is -2.22. The predicted molar refractivity (Wildman–Crippen MR) is 63.2 cm³/mol. The fourth-order valence-corrected chi connectivity index (χ4v) is 2.95. The van der Waals surface area contributed by atoms with Gasteiger partial charge in [-0.1, -0.05) is 0 Å². The van der Waals surface area contributed by atoms with Gasteiger partial charge in [0.25, 0.3) is 0 Å². The lowest BCUT2D eigenvalue weighted by Crippen LogP contribution is -2.22. The van der Waals surface area contributed by atoms with Crippen LogP contribution in [0.5, 0.6) is 0 Å². The summed E-state index contributed by atoms with van der Waals surface area (Å²) in [6.07, 6.45) is 5.53. The molecule has 5 heteroatoms. The highest BCUT2D eigenvalue weighted by molar-refractivity contribution is 5.70. The standard InChI is InChI=1S/C13H20O5/c14-12(15)3-1-2-9(13(16)17)6-8-4-5-10-11(7-8)18-10/h8-11H,1-7H2,(H,14,15)(H,16,17)/t8?,9?,10?,11-/m0/s1. The zero-order valence-corrected chi connectivity index (χ0v) is 10.4. The Labute approximate surface area is 106 Å². The minimum atomic E-state index is -0.856. The van der Waals surface area contributed by atoms with E-state index in [0.29, 0.717) is 37.4 Å². The second kappa shape index (κ2) is 5.69. The molecule has 1 aliphatic carbocycles. The number of hydrogen-bond acceptors (Lipinski definition) is 3. The molecule has 2 aliphatic rings. The summed E-state index contributed by atoms with van der Waals surface area (Å²) in [7, 11) is 0. The topological polar surface area (TPSA) is 87.1 Å². The van der Waals surface area contributed by atoms with E-state index in [9.17, 15) is 9.59 Å². The molecule has 4 atom stereocenters. The molecule has 3 unspecified atom stereocenters. The van der Waals surface area contributed by atoms with Gasteiger partial charge in [-0.2, -0.15) is 0 Å². The van der Waals surface area contributed by atoms with Gasteiger partial charge in [0.1, 0.15) is 0 Å². The van der Waals surface area contributed by atoms with Crippen LogP contribution in [0.2, 0.25) is 0 Å². The second-order valence-corrected chi connectivity index (χ2v) is 5.45. The van der Waals surface area contributed by atoms with Gasteiger partial charge in [-0.3, -0.25) is 9.59 Å². The summed E-state index contributed by atoms with van der Waals surface area (Å²) < 4.78 is 5.44. The van der Waals surface area contributed by atoms with Crippen molar-refractivity contribution in [1.82, 2.24) is 0 Å². The second-order valence-electron chi connectivity index (χ2n) is 5.45. The molecule has 0 bridgehead atoms. The Morgan fingerprint density at radius 1 is 1.22 bits per heavy atom. The van der Waals surface area contributed by atoms with Crippen LogP contribution in [0.15, 0.2) is 0 Å². The Morgan fingerprint density at radius 3 is 2.61 bits per heavy atom. The normalized spacial score (nSPS) is 31.4. The largest absolute Gasteiger partial charge is 0.481 e. The molecule has 102 valence electrons. The van der Waals surface area contributed by atoms with Crippen molar-refractivity contribution in [3.8, 4) is 0 Å². The average molecular weight is 256 g/mol. The molecule has 0 aromatic heterocycles. The van der Waals surface area contributed by atoms with E-state index in [1.807, 2.05) is 0 Å². The number of ether oxygens (including phenoxy) is 1. The molecular weight excluding hydrogens is 236 g/mol. The summed E-state index contributed by atoms with van der Waals surface area (Å²) in [5.74, 6) is -1.62. The van der Waals surface area contributed by atoms with Gasteiger partial charge in [0.05, 0.1) is 18.1 Å². The Hall–Kier alpha value is -1.10. The quantitative estimate of drug-likeness (QED) is 0.679. The van der Waals surface area contributed by atoms with Crippen LogP contribution in [0, 0.1) is 11.8 Å². The summed E-state index contributed by atoms with van der Waals surface area (Å²) in [4.78, 5) is 21.6. The van der Waals surface area contributed by atoms with Crippen molar-refractivity contribution in [2.45, 2.75) is 57.2 Å². The third-order valence-electron chi connectivity index (χ3n) is 4.02. The van der Waals surface area contributed by atoms with E-state index in [2.05, 4.69) is 0 Å². The summed E-state index contributed by atoms with van der Waals surface area (Å²) in [6.45, 7) is 0. The van der Waals surface area contributed by atoms with Crippen molar-refractivity contribution in [1.29, 1.82) is 0 Å². The number of hydrogen-bond donors (Lipinski definition) is 2. The van der Waals surface area contributed by atoms with Gasteiger partial charge < -0.3 is 14.9 Å². The van der Waals surface area contributed by atoms with E-state index in [1.54, 1.807) is 0 Å². The van der Waals surface area contributed by atoms with Gasteiger partial charge in [-0.05, 0) is 44.4 Å². The summed E-state index contributed by atoms with van der Waals surface area (Å²) in [5.41, 5.74) is 0. The van der Waals surface area contributed by atoms with Gasteiger partial charge in [0.15, 0.2) is 0 Å². The average Bonchev–Trinajstić information content (AvgIpc) is 3.05. The summed E-state index contributed by atoms with van der Waals surface area (Å²) in [5, 5.41) is 17.7. The first-order valence-electron chi connectivity index (χ1n) is 6.66. The number of fused-ring (bicyclic) bond motifs is 1. The first-order valence-corrected chi connectivity index (χ1v) is 6.66. The van der Waals surface area contributed by atoms with Crippen molar-refractivity contribution in [3.63, 3.8) is 0 Å². The van der Waals surface area contributed by atoms with Crippen molar-refractivity contribution in [3.05, 3.63) is 0 Å². The first-order chi connectivity index (χ1) is 8.56. The van der Waals surface area contributed by atoms with E-state index >= 15 is 0 Å². The van der Waals surface area contributed by atoms with E-state index in [4.69, 9.17) is 14.9 Å². The van der Waals surface area contributed by atoms with Crippen molar-refractivity contribution in [2.75, 3.05) is 0 Å². The van der Waals surface area contributed by atoms with Crippen LogP contribution in [-0.4, -0.2) is 34.4 Å². The zero-order chi connectivity index (χ0) is 13.1. The molecule has 1 aliphatic heterocycles. The lowest BCUT2D eigenvalue weighted by molar-refractivity contribution is -0.143. The summed E-state index contributed by atoms with van der Waals surface area (Å²) >= 11 is 0. The summed E-state index contributed by atoms with van der Waals surface area (Å²) in [6, 6.07) is 0. The maximum atomic E-state index is 11.2. The SMILES string of the molecule is O=C(O)CCCC(CC1CCC2O[C@H]2C1)C(=O)O. The highest BCUT2D eigenvalue weighted by atomic mass is 16.6. The Bertz CT molecular complexity index is 327. The highest BCUT2D eigenvalue weighted by Crippen LogP contribution is 2.41. The van der Waals surface area contributed by atoms with E-state index in [1.165, 1.54) is 0 Å². The smallest absolute Gasteiger partial charge is 0.306 e. The minimum Gasteiger partial charge on any atom is -0.481 e.